The molecule has 1 N–H and O–H groups in total. The fourth-order valence-electron chi connectivity index (χ4n) is 3.03. The van der Waals surface area contributed by atoms with Crippen LogP contribution >= 0.6 is 11.6 Å². The molecule has 0 radical (unpaired) electrons. The molecule has 27 heavy (non-hydrogen) atoms. The van der Waals surface area contributed by atoms with Crippen LogP contribution in [0.3, 0.4) is 0 Å². The van der Waals surface area contributed by atoms with Crippen LogP contribution in [0, 0.1) is 12.8 Å². The Morgan fingerprint density at radius 3 is 2.63 bits per heavy atom. The molecule has 6 nitrogen and oxygen atoms in total. The number of methoxy groups -OCH3 is 2. The van der Waals surface area contributed by atoms with E-state index in [2.05, 4.69) is 5.32 Å². The SMILES string of the molecule is COc1ccc(OC)c(NC(=O)C2CC(=O)N(c3ccc(C)c(Cl)c3)C2)c1. The molecule has 2 aromatic carbocycles. The second kappa shape index (κ2) is 7.88. The molecule has 0 spiro atoms. The molecule has 0 aromatic heterocycles. The lowest BCUT2D eigenvalue weighted by Crippen LogP contribution is -2.28. The Morgan fingerprint density at radius 1 is 1.19 bits per heavy atom. The molecule has 1 unspecified atom stereocenters. The van der Waals surface area contributed by atoms with Crippen molar-refractivity contribution in [3.63, 3.8) is 0 Å². The first kappa shape index (κ1) is 19.0. The fourth-order valence-corrected chi connectivity index (χ4v) is 3.20. The minimum Gasteiger partial charge on any atom is -0.497 e. The zero-order valence-electron chi connectivity index (χ0n) is 15.4. The number of carbonyl (C=O) groups excluding carboxylic acids is 2. The third-order valence-electron chi connectivity index (χ3n) is 4.63. The van der Waals surface area contributed by atoms with Crippen LogP contribution in [0.2, 0.25) is 5.02 Å². The number of nitrogens with one attached hydrogen (secondary N) is 1. The maximum absolute atomic E-state index is 12.7. The van der Waals surface area contributed by atoms with E-state index >= 15 is 0 Å². The normalized spacial score (nSPS) is 16.4. The molecule has 1 atom stereocenters. The molecule has 1 heterocycles. The Labute approximate surface area is 163 Å². The van der Waals surface area contributed by atoms with Crippen LogP contribution in [0.5, 0.6) is 11.5 Å². The van der Waals surface area contributed by atoms with Gasteiger partial charge in [0.05, 0.1) is 25.8 Å². The number of hydrogen-bond donors (Lipinski definition) is 1. The van der Waals surface area contributed by atoms with Crippen LogP contribution in [-0.4, -0.2) is 32.6 Å². The maximum Gasteiger partial charge on any atom is 0.229 e. The van der Waals surface area contributed by atoms with Crippen molar-refractivity contribution >= 4 is 34.8 Å². The highest BCUT2D eigenvalue weighted by molar-refractivity contribution is 6.31. The van der Waals surface area contributed by atoms with Gasteiger partial charge in [-0.2, -0.15) is 0 Å². The molecule has 0 aliphatic carbocycles. The topological polar surface area (TPSA) is 67.9 Å². The van der Waals surface area contributed by atoms with Gasteiger partial charge in [-0.1, -0.05) is 17.7 Å². The lowest BCUT2D eigenvalue weighted by atomic mass is 10.1. The number of rotatable bonds is 5. The first-order valence-electron chi connectivity index (χ1n) is 8.52. The first-order chi connectivity index (χ1) is 12.9. The zero-order valence-corrected chi connectivity index (χ0v) is 16.2. The highest BCUT2D eigenvalue weighted by atomic mass is 35.5. The summed E-state index contributed by atoms with van der Waals surface area (Å²) >= 11 is 6.17. The van der Waals surface area contributed by atoms with E-state index in [4.69, 9.17) is 21.1 Å². The van der Waals surface area contributed by atoms with Gasteiger partial charge in [-0.25, -0.2) is 0 Å². The number of nitrogens with zero attached hydrogens (tertiary/aromatic N) is 1. The van der Waals surface area contributed by atoms with Gasteiger partial charge in [-0.05, 0) is 36.8 Å². The van der Waals surface area contributed by atoms with Gasteiger partial charge in [0.25, 0.3) is 0 Å². The standard InChI is InChI=1S/C20H21ClN2O4/c1-12-4-5-14(9-16(12)21)23-11-13(8-19(23)24)20(25)22-17-10-15(26-2)6-7-18(17)27-3/h4-7,9-10,13H,8,11H2,1-3H3,(H,22,25). The van der Waals surface area contributed by atoms with Gasteiger partial charge >= 0.3 is 0 Å². The third kappa shape index (κ3) is 4.01. The van der Waals surface area contributed by atoms with E-state index in [-0.39, 0.29) is 18.2 Å². The molecule has 0 bridgehead atoms. The van der Waals surface area contributed by atoms with E-state index in [0.717, 1.165) is 5.56 Å². The summed E-state index contributed by atoms with van der Waals surface area (Å²) in [5, 5.41) is 3.43. The predicted octanol–water partition coefficient (Wildman–Crippen LogP) is 3.66. The molecule has 1 aliphatic heterocycles. The molecule has 2 amide bonds. The molecule has 142 valence electrons. The van der Waals surface area contributed by atoms with Gasteiger partial charge in [-0.15, -0.1) is 0 Å². The number of benzene rings is 2. The summed E-state index contributed by atoms with van der Waals surface area (Å²) < 4.78 is 10.5. The van der Waals surface area contributed by atoms with Gasteiger partial charge in [0.2, 0.25) is 11.8 Å². The molecule has 7 heteroatoms. The van der Waals surface area contributed by atoms with Gasteiger partial charge in [-0.3, -0.25) is 9.59 Å². The van der Waals surface area contributed by atoms with Crippen LogP contribution in [0.4, 0.5) is 11.4 Å². The number of halogens is 1. The third-order valence-corrected chi connectivity index (χ3v) is 5.03. The highest BCUT2D eigenvalue weighted by Gasteiger charge is 2.35. The Kier molecular flexibility index (Phi) is 5.56. The summed E-state index contributed by atoms with van der Waals surface area (Å²) in [5.41, 5.74) is 2.14. The van der Waals surface area contributed by atoms with Crippen molar-refractivity contribution in [1.29, 1.82) is 0 Å². The smallest absolute Gasteiger partial charge is 0.229 e. The van der Waals surface area contributed by atoms with Crippen molar-refractivity contribution in [2.75, 3.05) is 31.0 Å². The largest absolute Gasteiger partial charge is 0.497 e. The van der Waals surface area contributed by atoms with Gasteiger partial charge in [0.1, 0.15) is 11.5 Å². The predicted molar refractivity (Wildman–Crippen MR) is 105 cm³/mol. The van der Waals surface area contributed by atoms with E-state index in [0.29, 0.717) is 34.4 Å². The minimum atomic E-state index is -0.464. The number of ether oxygens (including phenoxy) is 2. The average Bonchev–Trinajstić information content (AvgIpc) is 3.05. The average molecular weight is 389 g/mol. The summed E-state index contributed by atoms with van der Waals surface area (Å²) in [7, 11) is 3.08. The molecule has 0 saturated carbocycles. The van der Waals surface area contributed by atoms with E-state index in [9.17, 15) is 9.59 Å². The number of amides is 2. The number of anilines is 2. The molecule has 2 aromatic rings. The summed E-state index contributed by atoms with van der Waals surface area (Å²) in [6.07, 6.45) is 0.142. The quantitative estimate of drug-likeness (QED) is 0.848. The van der Waals surface area contributed by atoms with E-state index < -0.39 is 5.92 Å². The van der Waals surface area contributed by atoms with Crippen LogP contribution in [0.15, 0.2) is 36.4 Å². The van der Waals surface area contributed by atoms with Crippen molar-refractivity contribution in [2.45, 2.75) is 13.3 Å². The Balaban J connectivity index is 1.75. The van der Waals surface area contributed by atoms with E-state index in [1.165, 1.54) is 7.11 Å². The molecular weight excluding hydrogens is 368 g/mol. The van der Waals surface area contributed by atoms with Crippen LogP contribution in [0.1, 0.15) is 12.0 Å². The molecule has 1 aliphatic rings. The Morgan fingerprint density at radius 2 is 1.96 bits per heavy atom. The number of hydrogen-bond acceptors (Lipinski definition) is 4. The second-order valence-corrected chi connectivity index (χ2v) is 6.80. The van der Waals surface area contributed by atoms with E-state index in [1.807, 2.05) is 19.1 Å². The van der Waals surface area contributed by atoms with Crippen molar-refractivity contribution in [2.24, 2.45) is 5.92 Å². The molecule has 1 saturated heterocycles. The second-order valence-electron chi connectivity index (χ2n) is 6.39. The summed E-state index contributed by atoms with van der Waals surface area (Å²) in [5.74, 6) is 0.317. The van der Waals surface area contributed by atoms with Crippen molar-refractivity contribution < 1.29 is 19.1 Å². The van der Waals surface area contributed by atoms with Gasteiger partial charge < -0.3 is 19.7 Å². The van der Waals surface area contributed by atoms with Crippen LogP contribution in [0.25, 0.3) is 0 Å². The summed E-state index contributed by atoms with van der Waals surface area (Å²) in [6, 6.07) is 10.6. The number of aryl methyl sites for hydroxylation is 1. The molecule has 1 fully saturated rings. The Hall–Kier alpha value is -2.73. The van der Waals surface area contributed by atoms with Crippen LogP contribution in [-0.2, 0) is 9.59 Å². The number of carbonyl (C=O) groups is 2. The minimum absolute atomic E-state index is 0.104. The van der Waals surface area contributed by atoms with Gasteiger partial charge in [0.15, 0.2) is 0 Å². The maximum atomic E-state index is 12.7. The first-order valence-corrected chi connectivity index (χ1v) is 8.90. The van der Waals surface area contributed by atoms with Crippen LogP contribution < -0.4 is 19.7 Å². The lowest BCUT2D eigenvalue weighted by molar-refractivity contribution is -0.122. The lowest BCUT2D eigenvalue weighted by Gasteiger charge is -2.18. The fraction of sp³-hybridized carbons (Fsp3) is 0.300. The van der Waals surface area contributed by atoms with Crippen molar-refractivity contribution in [3.8, 4) is 11.5 Å². The van der Waals surface area contributed by atoms with Gasteiger partial charge in [0, 0.05) is 29.7 Å². The Bertz CT molecular complexity index is 884. The highest BCUT2D eigenvalue weighted by Crippen LogP contribution is 2.32. The monoisotopic (exact) mass is 388 g/mol. The zero-order chi connectivity index (χ0) is 19.6. The van der Waals surface area contributed by atoms with E-state index in [1.54, 1.807) is 36.3 Å². The van der Waals surface area contributed by atoms with Crippen molar-refractivity contribution in [1.82, 2.24) is 0 Å². The summed E-state index contributed by atoms with van der Waals surface area (Å²) in [6.45, 7) is 2.20. The molecule has 3 rings (SSSR count). The summed E-state index contributed by atoms with van der Waals surface area (Å²) in [4.78, 5) is 26.7. The molecular formula is C20H21ClN2O4. The van der Waals surface area contributed by atoms with Crippen molar-refractivity contribution in [3.05, 3.63) is 47.0 Å².